The molecule has 1 fully saturated rings. The molecule has 2 amide bonds. The maximum absolute atomic E-state index is 14.0. The summed E-state index contributed by atoms with van der Waals surface area (Å²) in [5, 5.41) is 3.11. The highest BCUT2D eigenvalue weighted by molar-refractivity contribution is 7.89. The Bertz CT molecular complexity index is 1620. The molecule has 0 bridgehead atoms. The van der Waals surface area contributed by atoms with E-state index in [4.69, 9.17) is 14.2 Å². The zero-order valence-corrected chi connectivity index (χ0v) is 28.3. The second-order valence-electron chi connectivity index (χ2n) is 12.0. The van der Waals surface area contributed by atoms with Crippen molar-refractivity contribution in [2.75, 3.05) is 46.6 Å². The van der Waals surface area contributed by atoms with E-state index < -0.39 is 16.1 Å². The Morgan fingerprint density at radius 1 is 0.917 bits per heavy atom. The Kier molecular flexibility index (Phi) is 12.6. The van der Waals surface area contributed by atoms with Crippen LogP contribution in [-0.4, -0.2) is 82.0 Å². The van der Waals surface area contributed by atoms with E-state index >= 15 is 0 Å². The average Bonchev–Trinajstić information content (AvgIpc) is 3.13. The Hall–Kier alpha value is -4.19. The number of ether oxygens (including phenoxy) is 3. The number of sulfonamides is 1. The smallest absolute Gasteiger partial charge is 0.261 e. The third-order valence-corrected chi connectivity index (χ3v) is 10.6. The van der Waals surface area contributed by atoms with Crippen molar-refractivity contribution in [3.63, 3.8) is 0 Å². The van der Waals surface area contributed by atoms with Crippen LogP contribution in [-0.2, 0) is 37.3 Å². The first kappa shape index (κ1) is 35.1. The van der Waals surface area contributed by atoms with Gasteiger partial charge in [-0.05, 0) is 79.6 Å². The van der Waals surface area contributed by atoms with Gasteiger partial charge >= 0.3 is 0 Å². The molecule has 0 radical (unpaired) electrons. The van der Waals surface area contributed by atoms with Gasteiger partial charge in [-0.15, -0.1) is 0 Å². The van der Waals surface area contributed by atoms with Gasteiger partial charge in [-0.2, -0.15) is 4.31 Å². The first-order valence-corrected chi connectivity index (χ1v) is 18.0. The van der Waals surface area contributed by atoms with Crippen LogP contribution in [0.1, 0.15) is 43.2 Å². The fourth-order valence-electron chi connectivity index (χ4n) is 5.95. The van der Waals surface area contributed by atoms with Gasteiger partial charge < -0.3 is 24.4 Å². The van der Waals surface area contributed by atoms with Gasteiger partial charge in [0.05, 0.1) is 25.2 Å². The summed E-state index contributed by atoms with van der Waals surface area (Å²) in [7, 11) is -2.07. The molecule has 1 atom stereocenters. The minimum atomic E-state index is -3.66. The third kappa shape index (κ3) is 9.68. The first-order valence-electron chi connectivity index (χ1n) is 16.6. The maximum Gasteiger partial charge on any atom is 0.261 e. The van der Waals surface area contributed by atoms with Crippen molar-refractivity contribution in [3.8, 4) is 11.5 Å². The summed E-state index contributed by atoms with van der Waals surface area (Å²) in [5.41, 5.74) is 3.13. The van der Waals surface area contributed by atoms with E-state index in [1.54, 1.807) is 24.1 Å². The van der Waals surface area contributed by atoms with Crippen LogP contribution in [0.5, 0.6) is 11.5 Å². The standard InChI is InChI=1S/C37H45N3O7S/c1-45-32-14-12-31(13-15-32)27-40(35(26-30-10-6-3-7-11-30)37(42)38-21-20-29-8-4-2-5-9-29)36(41)28-47-33-16-18-34(19-17-33)48(43,44)39-22-24-46-25-23-39/h3,6-8,10-19,35H,2,4-5,9,20-28H2,1H3,(H,38,42)/t35-/m0/s1. The lowest BCUT2D eigenvalue weighted by atomic mass is 9.97. The summed E-state index contributed by atoms with van der Waals surface area (Å²) in [6.07, 6.45) is 7.91. The molecule has 2 aliphatic rings. The fourth-order valence-corrected chi connectivity index (χ4v) is 7.36. The molecule has 10 nitrogen and oxygen atoms in total. The number of carbonyl (C=O) groups excluding carboxylic acids is 2. The molecule has 11 heteroatoms. The van der Waals surface area contributed by atoms with Crippen LogP contribution in [0.2, 0.25) is 0 Å². The number of hydrogen-bond donors (Lipinski definition) is 1. The SMILES string of the molecule is COc1ccc(CN(C(=O)COc2ccc(S(=O)(=O)N3CCOCC3)cc2)[C@@H](Cc2ccccc2)C(=O)NCCC2=CCCCC2)cc1. The molecule has 1 N–H and O–H groups in total. The van der Waals surface area contributed by atoms with E-state index in [0.29, 0.717) is 50.8 Å². The minimum Gasteiger partial charge on any atom is -0.497 e. The Morgan fingerprint density at radius 2 is 1.62 bits per heavy atom. The molecule has 1 aliphatic heterocycles. The molecule has 1 saturated heterocycles. The second kappa shape index (κ2) is 17.3. The number of nitrogens with one attached hydrogen (secondary N) is 1. The number of methoxy groups -OCH3 is 1. The molecule has 5 rings (SSSR count). The molecule has 3 aromatic rings. The normalized spacial score (nSPS) is 16.0. The summed E-state index contributed by atoms with van der Waals surface area (Å²) >= 11 is 0. The van der Waals surface area contributed by atoms with Crippen LogP contribution in [0, 0.1) is 0 Å². The van der Waals surface area contributed by atoms with E-state index in [9.17, 15) is 18.0 Å². The van der Waals surface area contributed by atoms with E-state index in [2.05, 4.69) is 11.4 Å². The molecule has 0 saturated carbocycles. The van der Waals surface area contributed by atoms with E-state index in [1.807, 2.05) is 54.6 Å². The van der Waals surface area contributed by atoms with Crippen molar-refractivity contribution >= 4 is 21.8 Å². The number of nitrogens with zero attached hydrogens (tertiary/aromatic N) is 2. The number of morpholine rings is 1. The molecule has 1 heterocycles. The van der Waals surface area contributed by atoms with Gasteiger partial charge in [0, 0.05) is 32.6 Å². The molecule has 256 valence electrons. The predicted molar refractivity (Wildman–Crippen MR) is 183 cm³/mol. The summed E-state index contributed by atoms with van der Waals surface area (Å²) in [6, 6.07) is 22.3. The summed E-state index contributed by atoms with van der Waals surface area (Å²) < 4.78 is 44.0. The van der Waals surface area contributed by atoms with Gasteiger partial charge in [-0.25, -0.2) is 8.42 Å². The van der Waals surface area contributed by atoms with Gasteiger partial charge in [0.25, 0.3) is 5.91 Å². The molecule has 48 heavy (non-hydrogen) atoms. The van der Waals surface area contributed by atoms with Gasteiger partial charge in [-0.3, -0.25) is 9.59 Å². The molecule has 0 aromatic heterocycles. The number of benzene rings is 3. The number of hydrogen-bond acceptors (Lipinski definition) is 7. The van der Waals surface area contributed by atoms with Crippen molar-refractivity contribution in [1.29, 1.82) is 0 Å². The second-order valence-corrected chi connectivity index (χ2v) is 13.9. The molecule has 1 aliphatic carbocycles. The lowest BCUT2D eigenvalue weighted by Crippen LogP contribution is -2.51. The van der Waals surface area contributed by atoms with Crippen molar-refractivity contribution in [2.24, 2.45) is 0 Å². The molecule has 0 spiro atoms. The number of rotatable bonds is 15. The predicted octanol–water partition coefficient (Wildman–Crippen LogP) is 4.74. The summed E-state index contributed by atoms with van der Waals surface area (Å²) in [4.78, 5) is 29.6. The van der Waals surface area contributed by atoms with E-state index in [-0.39, 0.29) is 29.9 Å². The molecular weight excluding hydrogens is 630 g/mol. The van der Waals surface area contributed by atoms with E-state index in [1.165, 1.54) is 34.9 Å². The monoisotopic (exact) mass is 675 g/mol. The molecule has 0 unspecified atom stereocenters. The van der Waals surface area contributed by atoms with Crippen LogP contribution in [0.15, 0.2) is 95.4 Å². The average molecular weight is 676 g/mol. The van der Waals surface area contributed by atoms with Crippen molar-refractivity contribution in [1.82, 2.24) is 14.5 Å². The fraction of sp³-hybridized carbons (Fsp3) is 0.405. The van der Waals surface area contributed by atoms with Gasteiger partial charge in [0.15, 0.2) is 6.61 Å². The zero-order valence-electron chi connectivity index (χ0n) is 27.5. The Morgan fingerprint density at radius 3 is 2.29 bits per heavy atom. The highest BCUT2D eigenvalue weighted by Gasteiger charge is 2.31. The Balaban J connectivity index is 1.33. The van der Waals surface area contributed by atoms with Crippen LogP contribution < -0.4 is 14.8 Å². The van der Waals surface area contributed by atoms with Crippen molar-refractivity contribution in [2.45, 2.75) is 56.0 Å². The quantitative estimate of drug-likeness (QED) is 0.232. The first-order chi connectivity index (χ1) is 23.3. The maximum atomic E-state index is 14.0. The van der Waals surface area contributed by atoms with E-state index in [0.717, 1.165) is 30.4 Å². The van der Waals surface area contributed by atoms with Crippen LogP contribution >= 0.6 is 0 Å². The minimum absolute atomic E-state index is 0.146. The number of allylic oxidation sites excluding steroid dienone is 1. The molecule has 3 aromatic carbocycles. The third-order valence-electron chi connectivity index (χ3n) is 8.71. The lowest BCUT2D eigenvalue weighted by Gasteiger charge is -2.31. The zero-order chi connectivity index (χ0) is 33.8. The topological polar surface area (TPSA) is 114 Å². The van der Waals surface area contributed by atoms with Crippen LogP contribution in [0.25, 0.3) is 0 Å². The van der Waals surface area contributed by atoms with Gasteiger partial charge in [-0.1, -0.05) is 54.1 Å². The highest BCUT2D eigenvalue weighted by atomic mass is 32.2. The van der Waals surface area contributed by atoms with Gasteiger partial charge in [0.2, 0.25) is 15.9 Å². The Labute approximate surface area is 283 Å². The summed E-state index contributed by atoms with van der Waals surface area (Å²) in [6.45, 7) is 1.66. The van der Waals surface area contributed by atoms with Crippen LogP contribution in [0.3, 0.4) is 0 Å². The number of carbonyl (C=O) groups is 2. The van der Waals surface area contributed by atoms with Crippen molar-refractivity contribution < 1.29 is 32.2 Å². The largest absolute Gasteiger partial charge is 0.497 e. The van der Waals surface area contributed by atoms with Gasteiger partial charge in [0.1, 0.15) is 17.5 Å². The lowest BCUT2D eigenvalue weighted by molar-refractivity contribution is -0.142. The van der Waals surface area contributed by atoms with Crippen LogP contribution in [0.4, 0.5) is 0 Å². The molecular formula is C37H45N3O7S. The van der Waals surface area contributed by atoms with Crippen molar-refractivity contribution in [3.05, 3.63) is 102 Å². The highest BCUT2D eigenvalue weighted by Crippen LogP contribution is 2.23. The number of amides is 2. The summed E-state index contributed by atoms with van der Waals surface area (Å²) in [5.74, 6) is 0.435.